The maximum absolute atomic E-state index is 13.1. The molecule has 1 aromatic carbocycles. The Morgan fingerprint density at radius 1 is 1.38 bits per heavy atom. The van der Waals surface area contributed by atoms with Gasteiger partial charge in [-0.1, -0.05) is 0 Å². The summed E-state index contributed by atoms with van der Waals surface area (Å²) < 4.78 is 15.3. The van der Waals surface area contributed by atoms with E-state index in [4.69, 9.17) is 0 Å². The van der Waals surface area contributed by atoms with E-state index in [9.17, 15) is 9.18 Å². The van der Waals surface area contributed by atoms with Crippen LogP contribution in [0.15, 0.2) is 28.7 Å². The molecule has 0 bridgehead atoms. The van der Waals surface area contributed by atoms with E-state index < -0.39 is 0 Å². The molecule has 0 saturated carbocycles. The molecule has 0 saturated heterocycles. The molecule has 1 N–H and O–H groups in total. The lowest BCUT2D eigenvalue weighted by molar-refractivity contribution is 0.0952. The molecule has 6 heteroatoms. The fraction of sp³-hybridized carbons (Fsp3) is 0.333. The molecule has 0 spiro atoms. The number of aryl methyl sites for hydroxylation is 3. The molecule has 2 aromatic rings. The van der Waals surface area contributed by atoms with E-state index in [1.807, 2.05) is 24.6 Å². The van der Waals surface area contributed by atoms with E-state index in [2.05, 4.69) is 26.3 Å². The van der Waals surface area contributed by atoms with Crippen LogP contribution in [0.1, 0.15) is 28.2 Å². The lowest BCUT2D eigenvalue weighted by Crippen LogP contribution is -2.25. The number of halogens is 2. The van der Waals surface area contributed by atoms with Gasteiger partial charge in [0, 0.05) is 24.3 Å². The van der Waals surface area contributed by atoms with Gasteiger partial charge < -0.3 is 5.32 Å². The molecule has 1 heterocycles. The Morgan fingerprint density at radius 2 is 2.14 bits per heavy atom. The highest BCUT2D eigenvalue weighted by Crippen LogP contribution is 2.16. The lowest BCUT2D eigenvalue weighted by Gasteiger charge is -2.07. The number of amides is 1. The summed E-state index contributed by atoms with van der Waals surface area (Å²) in [6.07, 6.45) is 0.788. The number of nitrogens with one attached hydrogen (secondary N) is 1. The van der Waals surface area contributed by atoms with E-state index in [1.54, 1.807) is 0 Å². The average Bonchev–Trinajstić information content (AvgIpc) is 2.76. The summed E-state index contributed by atoms with van der Waals surface area (Å²) in [5.74, 6) is -0.583. The molecule has 1 amide bonds. The van der Waals surface area contributed by atoms with Crippen molar-refractivity contribution in [2.45, 2.75) is 26.8 Å². The van der Waals surface area contributed by atoms with E-state index in [1.165, 1.54) is 18.2 Å². The minimum absolute atomic E-state index is 0.205. The molecule has 0 aliphatic carbocycles. The van der Waals surface area contributed by atoms with Crippen LogP contribution in [-0.2, 0) is 6.54 Å². The molecule has 112 valence electrons. The maximum Gasteiger partial charge on any atom is 0.251 e. The number of carbonyl (C=O) groups excluding carboxylic acids is 1. The molecule has 0 unspecified atom stereocenters. The predicted octanol–water partition coefficient (Wildman–Crippen LogP) is 3.22. The van der Waals surface area contributed by atoms with Crippen LogP contribution in [0.25, 0.3) is 0 Å². The first-order valence-corrected chi connectivity index (χ1v) is 7.51. The molecule has 1 aromatic heterocycles. The number of hydrogen-bond donors (Lipinski definition) is 1. The van der Waals surface area contributed by atoms with E-state index in [0.29, 0.717) is 12.1 Å². The molecular formula is C15H17BrFN3O. The molecule has 4 nitrogen and oxygen atoms in total. The average molecular weight is 354 g/mol. The van der Waals surface area contributed by atoms with Crippen molar-refractivity contribution in [1.29, 1.82) is 0 Å². The number of hydrogen-bond acceptors (Lipinski definition) is 2. The van der Waals surface area contributed by atoms with Crippen molar-refractivity contribution in [1.82, 2.24) is 15.1 Å². The van der Waals surface area contributed by atoms with Crippen molar-refractivity contribution < 1.29 is 9.18 Å². The Bertz CT molecular complexity index is 654. The number of benzene rings is 1. The van der Waals surface area contributed by atoms with Crippen LogP contribution < -0.4 is 5.32 Å². The molecule has 0 radical (unpaired) electrons. The summed E-state index contributed by atoms with van der Waals surface area (Å²) in [7, 11) is 0. The summed E-state index contributed by atoms with van der Waals surface area (Å²) in [5, 5.41) is 7.18. The third-order valence-electron chi connectivity index (χ3n) is 3.12. The van der Waals surface area contributed by atoms with Crippen LogP contribution in [0.3, 0.4) is 0 Å². The van der Waals surface area contributed by atoms with Crippen LogP contribution >= 0.6 is 15.9 Å². The molecular weight excluding hydrogens is 337 g/mol. The van der Waals surface area contributed by atoms with Gasteiger partial charge in [0.15, 0.2) is 0 Å². The lowest BCUT2D eigenvalue weighted by atomic mass is 10.2. The first-order valence-electron chi connectivity index (χ1n) is 6.71. The van der Waals surface area contributed by atoms with Gasteiger partial charge in [-0.15, -0.1) is 0 Å². The van der Waals surface area contributed by atoms with E-state index >= 15 is 0 Å². The fourth-order valence-corrected chi connectivity index (χ4v) is 2.45. The minimum Gasteiger partial charge on any atom is -0.352 e. The maximum atomic E-state index is 13.1. The van der Waals surface area contributed by atoms with Crippen molar-refractivity contribution >= 4 is 21.8 Å². The van der Waals surface area contributed by atoms with Crippen LogP contribution in [0.5, 0.6) is 0 Å². The smallest absolute Gasteiger partial charge is 0.251 e. The van der Waals surface area contributed by atoms with Gasteiger partial charge in [0.1, 0.15) is 5.82 Å². The highest BCUT2D eigenvalue weighted by molar-refractivity contribution is 9.10. The quantitative estimate of drug-likeness (QED) is 0.838. The van der Waals surface area contributed by atoms with Gasteiger partial charge in [-0.25, -0.2) is 4.39 Å². The molecule has 0 atom stereocenters. The van der Waals surface area contributed by atoms with E-state index in [-0.39, 0.29) is 16.2 Å². The van der Waals surface area contributed by atoms with Crippen LogP contribution in [-0.4, -0.2) is 22.2 Å². The molecule has 0 aliphatic rings. The molecule has 0 aliphatic heterocycles. The summed E-state index contributed by atoms with van der Waals surface area (Å²) >= 11 is 3.07. The Balaban J connectivity index is 1.81. The topological polar surface area (TPSA) is 46.9 Å². The van der Waals surface area contributed by atoms with Gasteiger partial charge in [0.25, 0.3) is 5.91 Å². The Hall–Kier alpha value is -1.69. The second-order valence-electron chi connectivity index (χ2n) is 4.89. The van der Waals surface area contributed by atoms with Gasteiger partial charge >= 0.3 is 0 Å². The van der Waals surface area contributed by atoms with Gasteiger partial charge in [-0.3, -0.25) is 9.48 Å². The highest BCUT2D eigenvalue weighted by Gasteiger charge is 2.08. The molecule has 21 heavy (non-hydrogen) atoms. The van der Waals surface area contributed by atoms with E-state index in [0.717, 1.165) is 24.4 Å². The Kier molecular flexibility index (Phi) is 5.12. The van der Waals surface area contributed by atoms with Gasteiger partial charge in [0.05, 0.1) is 10.2 Å². The zero-order valence-electron chi connectivity index (χ0n) is 12.0. The summed E-state index contributed by atoms with van der Waals surface area (Å²) in [5.41, 5.74) is 2.54. The van der Waals surface area contributed by atoms with Crippen molar-refractivity contribution in [2.24, 2.45) is 0 Å². The summed E-state index contributed by atoms with van der Waals surface area (Å²) in [6.45, 7) is 5.27. The number of aromatic nitrogens is 2. The van der Waals surface area contributed by atoms with Crippen molar-refractivity contribution in [3.63, 3.8) is 0 Å². The second-order valence-corrected chi connectivity index (χ2v) is 5.74. The second kappa shape index (κ2) is 6.85. The Morgan fingerprint density at radius 3 is 2.76 bits per heavy atom. The zero-order valence-corrected chi connectivity index (χ0v) is 13.6. The van der Waals surface area contributed by atoms with Crippen molar-refractivity contribution in [2.75, 3.05) is 6.54 Å². The first-order chi connectivity index (χ1) is 9.97. The molecule has 2 rings (SSSR count). The standard InChI is InChI=1S/C15H17BrFN3O/c1-10-8-11(2)20(19-10)7-3-6-18-15(21)12-4-5-14(17)13(16)9-12/h4-5,8-9H,3,6-7H2,1-2H3,(H,18,21). The van der Waals surface area contributed by atoms with Gasteiger partial charge in [-0.2, -0.15) is 5.10 Å². The van der Waals surface area contributed by atoms with Crippen LogP contribution in [0.2, 0.25) is 0 Å². The third kappa shape index (κ3) is 4.14. The molecule has 0 fully saturated rings. The van der Waals surface area contributed by atoms with Gasteiger partial charge in [0.2, 0.25) is 0 Å². The first kappa shape index (κ1) is 15.7. The monoisotopic (exact) mass is 353 g/mol. The van der Waals surface area contributed by atoms with Crippen LogP contribution in [0.4, 0.5) is 4.39 Å². The minimum atomic E-state index is -0.379. The number of carbonyl (C=O) groups is 1. The van der Waals surface area contributed by atoms with Crippen molar-refractivity contribution in [3.8, 4) is 0 Å². The fourth-order valence-electron chi connectivity index (χ4n) is 2.07. The normalized spacial score (nSPS) is 10.7. The predicted molar refractivity (Wildman–Crippen MR) is 82.8 cm³/mol. The highest BCUT2D eigenvalue weighted by atomic mass is 79.9. The number of nitrogens with zero attached hydrogens (tertiary/aromatic N) is 2. The number of rotatable bonds is 5. The van der Waals surface area contributed by atoms with Crippen molar-refractivity contribution in [3.05, 3.63) is 51.5 Å². The SMILES string of the molecule is Cc1cc(C)n(CCCNC(=O)c2ccc(F)c(Br)c2)n1. The zero-order chi connectivity index (χ0) is 15.4. The Labute approximate surface area is 131 Å². The largest absolute Gasteiger partial charge is 0.352 e. The summed E-state index contributed by atoms with van der Waals surface area (Å²) in [4.78, 5) is 11.9. The summed E-state index contributed by atoms with van der Waals surface area (Å²) in [6, 6.07) is 6.24. The van der Waals surface area contributed by atoms with Gasteiger partial charge in [-0.05, 0) is 60.5 Å². The third-order valence-corrected chi connectivity index (χ3v) is 3.73. The van der Waals surface area contributed by atoms with Crippen LogP contribution in [0, 0.1) is 19.7 Å².